The Hall–Kier alpha value is -5.71. The summed E-state index contributed by atoms with van der Waals surface area (Å²) in [6.45, 7) is 9.20. The van der Waals surface area contributed by atoms with E-state index >= 15 is 0 Å². The number of carbonyl (C=O) groups excluding carboxylic acids is 4. The van der Waals surface area contributed by atoms with Gasteiger partial charge < -0.3 is 28.2 Å². The molecule has 3 aromatic carbocycles. The van der Waals surface area contributed by atoms with Gasteiger partial charge >= 0.3 is 6.16 Å². The van der Waals surface area contributed by atoms with Crippen molar-refractivity contribution in [3.05, 3.63) is 106 Å². The van der Waals surface area contributed by atoms with Gasteiger partial charge in [-0.25, -0.2) is 4.79 Å². The Kier molecular flexibility index (Phi) is 7.21. The Bertz CT molecular complexity index is 2170. The summed E-state index contributed by atoms with van der Waals surface area (Å²) in [4.78, 5) is 54.1. The Morgan fingerprint density at radius 3 is 2.58 bits per heavy atom. The first kappa shape index (κ1) is 31.6. The van der Waals surface area contributed by atoms with Crippen molar-refractivity contribution in [1.29, 1.82) is 0 Å². The first-order valence-electron chi connectivity index (χ1n) is 16.4. The minimum atomic E-state index is -1.35. The van der Waals surface area contributed by atoms with Gasteiger partial charge in [-0.1, -0.05) is 49.1 Å². The molecule has 50 heavy (non-hydrogen) atoms. The van der Waals surface area contributed by atoms with Gasteiger partial charge in [-0.3, -0.25) is 14.4 Å². The van der Waals surface area contributed by atoms with Crippen LogP contribution in [0.4, 0.5) is 4.79 Å². The normalized spacial score (nSPS) is 21.5. The van der Waals surface area contributed by atoms with Crippen LogP contribution in [0.3, 0.4) is 0 Å². The van der Waals surface area contributed by atoms with Crippen LogP contribution in [0.25, 0.3) is 10.8 Å². The summed E-state index contributed by atoms with van der Waals surface area (Å²) in [7, 11) is 0. The summed E-state index contributed by atoms with van der Waals surface area (Å²) < 4.78 is 35.4. The maximum atomic E-state index is 14.8. The lowest BCUT2D eigenvalue weighted by Crippen LogP contribution is -2.44. The molecule has 3 atom stereocenters. The van der Waals surface area contributed by atoms with Gasteiger partial charge in [0.05, 0.1) is 5.56 Å². The molecular weight excluding hydrogens is 642 g/mol. The highest BCUT2D eigenvalue weighted by molar-refractivity contribution is 6.20. The van der Waals surface area contributed by atoms with Crippen LogP contribution in [-0.2, 0) is 28.9 Å². The van der Waals surface area contributed by atoms with E-state index in [9.17, 15) is 19.2 Å². The van der Waals surface area contributed by atoms with Crippen molar-refractivity contribution in [2.24, 2.45) is 11.8 Å². The number of nitrogens with zero attached hydrogens (tertiary/aromatic N) is 1. The molecule has 254 valence electrons. The molecule has 2 heterocycles. The topological polar surface area (TPSA) is 144 Å². The van der Waals surface area contributed by atoms with E-state index in [1.807, 2.05) is 30.3 Å². The van der Waals surface area contributed by atoms with Gasteiger partial charge in [-0.05, 0) is 62.4 Å². The highest BCUT2D eigenvalue weighted by Gasteiger charge is 2.72. The van der Waals surface area contributed by atoms with Gasteiger partial charge in [0.2, 0.25) is 11.4 Å². The van der Waals surface area contributed by atoms with Crippen LogP contribution >= 0.6 is 0 Å². The van der Waals surface area contributed by atoms with Gasteiger partial charge in [0.15, 0.2) is 23.1 Å². The molecule has 0 bridgehead atoms. The largest absolute Gasteiger partial charge is 0.514 e. The average molecular weight is 676 g/mol. The molecule has 0 N–H and O–H groups in total. The fourth-order valence-corrected chi connectivity index (χ4v) is 7.56. The standard InChI is InChI=1S/C39H33NO10/c1-5-13-45-32-24-12-11-21(18-41)14-25(24)33(47-37(44)49-38(2,3)4)29-26(32)16-22-15-23-17-27-30(34(43)39(23)35(48-39)28(22)31(29)42)36(40-50-27)46-19-20-9-7-6-8-10-20/h5-12,14,18,22-23H,1,13,15-17,19H2,2-4H3/t22?,23-,39+/m0/s1. The molecule has 11 nitrogen and oxygen atoms in total. The molecule has 8 rings (SSSR count). The van der Waals surface area contributed by atoms with Crippen LogP contribution in [0.2, 0.25) is 0 Å². The molecule has 4 aliphatic rings. The van der Waals surface area contributed by atoms with Crippen molar-refractivity contribution in [3.63, 3.8) is 0 Å². The zero-order valence-electron chi connectivity index (χ0n) is 27.7. The highest BCUT2D eigenvalue weighted by Crippen LogP contribution is 2.64. The minimum absolute atomic E-state index is 0.0554. The zero-order chi connectivity index (χ0) is 34.9. The predicted octanol–water partition coefficient (Wildman–Crippen LogP) is 6.94. The van der Waals surface area contributed by atoms with Gasteiger partial charge in [0.1, 0.15) is 36.4 Å². The van der Waals surface area contributed by atoms with E-state index < -0.39 is 23.1 Å². The number of benzene rings is 3. The third-order valence-corrected chi connectivity index (χ3v) is 9.62. The second kappa shape index (κ2) is 11.4. The molecule has 1 fully saturated rings. The van der Waals surface area contributed by atoms with E-state index in [2.05, 4.69) is 11.7 Å². The van der Waals surface area contributed by atoms with E-state index in [0.29, 0.717) is 70.3 Å². The Balaban J connectivity index is 1.24. The van der Waals surface area contributed by atoms with Crippen molar-refractivity contribution in [3.8, 4) is 17.4 Å². The second-order valence-electron chi connectivity index (χ2n) is 13.9. The number of rotatable bonds is 8. The summed E-state index contributed by atoms with van der Waals surface area (Å²) in [6.07, 6.45) is 2.39. The number of aromatic nitrogens is 1. The second-order valence-corrected chi connectivity index (χ2v) is 13.9. The lowest BCUT2D eigenvalue weighted by atomic mass is 9.63. The van der Waals surface area contributed by atoms with Gasteiger partial charge in [-0.2, -0.15) is 0 Å². The molecule has 1 saturated heterocycles. The first-order valence-corrected chi connectivity index (χ1v) is 16.4. The number of carbonyl (C=O) groups is 4. The number of Topliss-reactive ketones (excluding diaryl/α,β-unsaturated/α-hetero) is 2. The number of fused-ring (bicyclic) bond motifs is 4. The molecule has 1 unspecified atom stereocenters. The molecule has 0 amide bonds. The van der Waals surface area contributed by atoms with Crippen LogP contribution in [0.15, 0.2) is 77.0 Å². The van der Waals surface area contributed by atoms with Gasteiger partial charge in [0, 0.05) is 39.8 Å². The lowest BCUT2D eigenvalue weighted by molar-refractivity contribution is 0.0207. The quantitative estimate of drug-likeness (QED) is 0.0630. The molecule has 3 aliphatic carbocycles. The van der Waals surface area contributed by atoms with E-state index in [1.54, 1.807) is 45.0 Å². The van der Waals surface area contributed by atoms with Crippen molar-refractivity contribution in [2.45, 2.75) is 57.8 Å². The number of ketones is 2. The maximum Gasteiger partial charge on any atom is 0.514 e. The predicted molar refractivity (Wildman–Crippen MR) is 178 cm³/mol. The minimum Gasteiger partial charge on any atom is -0.489 e. The molecule has 1 aliphatic heterocycles. The summed E-state index contributed by atoms with van der Waals surface area (Å²) in [5, 5.41) is 4.96. The van der Waals surface area contributed by atoms with Crippen LogP contribution in [0, 0.1) is 11.8 Å². The Labute approximate surface area is 286 Å². The van der Waals surface area contributed by atoms with Crippen LogP contribution in [-0.4, -0.2) is 47.0 Å². The highest BCUT2D eigenvalue weighted by atomic mass is 16.7. The van der Waals surface area contributed by atoms with Crippen LogP contribution in [0.5, 0.6) is 17.4 Å². The lowest BCUT2D eigenvalue weighted by Gasteiger charge is -2.36. The van der Waals surface area contributed by atoms with E-state index in [4.69, 9.17) is 28.2 Å². The summed E-state index contributed by atoms with van der Waals surface area (Å²) >= 11 is 0. The first-order chi connectivity index (χ1) is 24.0. The monoisotopic (exact) mass is 675 g/mol. The third kappa shape index (κ3) is 4.90. The van der Waals surface area contributed by atoms with Crippen molar-refractivity contribution < 1.29 is 47.4 Å². The van der Waals surface area contributed by atoms with E-state index in [1.165, 1.54) is 0 Å². The summed E-state index contributed by atoms with van der Waals surface area (Å²) in [6, 6.07) is 14.4. The molecule has 4 aromatic rings. The Morgan fingerprint density at radius 2 is 1.84 bits per heavy atom. The average Bonchev–Trinajstić information content (AvgIpc) is 3.71. The van der Waals surface area contributed by atoms with Crippen molar-refractivity contribution in [1.82, 2.24) is 5.16 Å². The number of hydrogen-bond acceptors (Lipinski definition) is 11. The van der Waals surface area contributed by atoms with Crippen LogP contribution in [0.1, 0.15) is 75.2 Å². The fourth-order valence-electron chi connectivity index (χ4n) is 7.56. The molecular formula is C39H33NO10. The van der Waals surface area contributed by atoms with Crippen molar-refractivity contribution >= 4 is 34.8 Å². The number of hydrogen-bond donors (Lipinski definition) is 0. The smallest absolute Gasteiger partial charge is 0.489 e. The molecule has 0 radical (unpaired) electrons. The van der Waals surface area contributed by atoms with Gasteiger partial charge in [-0.15, -0.1) is 0 Å². The Morgan fingerprint density at radius 1 is 1.04 bits per heavy atom. The van der Waals surface area contributed by atoms with E-state index in [0.717, 1.165) is 5.56 Å². The number of aldehydes is 1. The third-order valence-electron chi connectivity index (χ3n) is 9.62. The van der Waals surface area contributed by atoms with Crippen LogP contribution < -0.4 is 14.2 Å². The number of ether oxygens (including phenoxy) is 5. The molecule has 11 heteroatoms. The van der Waals surface area contributed by atoms with Crippen molar-refractivity contribution in [2.75, 3.05) is 6.61 Å². The molecule has 0 saturated carbocycles. The number of epoxide rings is 1. The fraction of sp³-hybridized carbons (Fsp3) is 0.308. The number of allylic oxidation sites excluding steroid dienone is 1. The molecule has 1 aromatic heterocycles. The SMILES string of the molecule is C=CCOc1c2c(c(OC(=O)OC(C)(C)C)c3cc(C=O)ccc13)C(=O)C1=C3O[C@]34C(=O)c3c(OCc5ccccc5)noc3C[C@@H]4CC1C2. The van der Waals surface area contributed by atoms with Gasteiger partial charge in [0.25, 0.3) is 5.88 Å². The maximum absolute atomic E-state index is 14.8. The molecule has 1 spiro atoms. The summed E-state index contributed by atoms with van der Waals surface area (Å²) in [5.74, 6) is -0.266. The van der Waals surface area contributed by atoms with E-state index in [-0.39, 0.29) is 53.6 Å². The summed E-state index contributed by atoms with van der Waals surface area (Å²) in [5.41, 5.74) is 0.174. The zero-order valence-corrected chi connectivity index (χ0v) is 27.7.